The van der Waals surface area contributed by atoms with Gasteiger partial charge in [-0.3, -0.25) is 4.79 Å². The van der Waals surface area contributed by atoms with Crippen LogP contribution in [0.4, 0.5) is 4.39 Å². The number of rotatable bonds is 6. The molecule has 2 unspecified atom stereocenters. The van der Waals surface area contributed by atoms with Crippen LogP contribution in [-0.2, 0) is 11.3 Å². The van der Waals surface area contributed by atoms with Crippen molar-refractivity contribution in [3.63, 3.8) is 0 Å². The van der Waals surface area contributed by atoms with Crippen molar-refractivity contribution in [2.45, 2.75) is 18.8 Å². The third kappa shape index (κ3) is 3.95. The number of methoxy groups -OCH3 is 1. The van der Waals surface area contributed by atoms with Gasteiger partial charge in [-0.05, 0) is 92.3 Å². The van der Waals surface area contributed by atoms with Gasteiger partial charge in [-0.2, -0.15) is 0 Å². The molecule has 0 fully saturated rings. The van der Waals surface area contributed by atoms with Gasteiger partial charge >= 0.3 is 0 Å². The second-order valence-electron chi connectivity index (χ2n) is 9.52. The van der Waals surface area contributed by atoms with Crippen LogP contribution < -0.4 is 10.1 Å². The number of halogens is 1. The lowest BCUT2D eigenvalue weighted by Crippen LogP contribution is -2.24. The van der Waals surface area contributed by atoms with Gasteiger partial charge in [0.2, 0.25) is 0 Å². The zero-order valence-electron chi connectivity index (χ0n) is 20.8. The molecule has 0 radical (unpaired) electrons. The molecule has 192 valence electrons. The number of hydrogen-bond donors (Lipinski definition) is 1. The third-order valence-electron chi connectivity index (χ3n) is 7.34. The Morgan fingerprint density at radius 2 is 1.67 bits per heavy atom. The maximum absolute atomic E-state index is 13.4. The van der Waals surface area contributed by atoms with E-state index in [4.69, 9.17) is 9.47 Å². The summed E-state index contributed by atoms with van der Waals surface area (Å²) in [6.45, 7) is 0.259. The standard InChI is InChI=1S/C30H22FN5O3/c1-38-22-8-11-27(36-16-33-34-35-36)20(12-22)15-32-30(37)19-5-10-24-26(14-19)29-25-13-18(4-9-23(25)28(24)39-29)17-2-6-21(31)7-3-17/h2-14,16,28-29H,15H2,1H3,(H,32,37). The maximum atomic E-state index is 13.4. The number of fused-ring (bicyclic) bond motifs is 8. The van der Waals surface area contributed by atoms with E-state index < -0.39 is 0 Å². The van der Waals surface area contributed by atoms with E-state index in [9.17, 15) is 9.18 Å². The lowest BCUT2D eigenvalue weighted by molar-refractivity contribution is 0.0857. The predicted octanol–water partition coefficient (Wildman–Crippen LogP) is 4.93. The Bertz CT molecular complexity index is 1720. The second-order valence-corrected chi connectivity index (χ2v) is 9.52. The van der Waals surface area contributed by atoms with Crippen LogP contribution in [0.5, 0.6) is 5.75 Å². The van der Waals surface area contributed by atoms with E-state index in [1.807, 2.05) is 42.5 Å². The van der Waals surface area contributed by atoms with Crippen LogP contribution in [0.2, 0.25) is 0 Å². The van der Waals surface area contributed by atoms with E-state index in [2.05, 4.69) is 33.0 Å². The Hall–Kier alpha value is -4.89. The topological polar surface area (TPSA) is 91.2 Å². The highest BCUT2D eigenvalue weighted by Crippen LogP contribution is 2.54. The van der Waals surface area contributed by atoms with Crippen LogP contribution >= 0.6 is 0 Å². The quantitative estimate of drug-likeness (QED) is 0.342. The van der Waals surface area contributed by atoms with Gasteiger partial charge in [0.05, 0.1) is 12.8 Å². The second kappa shape index (κ2) is 9.14. The van der Waals surface area contributed by atoms with Gasteiger partial charge in [-0.25, -0.2) is 9.07 Å². The van der Waals surface area contributed by atoms with Crippen LogP contribution in [0.15, 0.2) is 85.2 Å². The summed E-state index contributed by atoms with van der Waals surface area (Å²) in [5, 5.41) is 14.4. The van der Waals surface area contributed by atoms with Crippen molar-refractivity contribution in [3.8, 4) is 22.6 Å². The maximum Gasteiger partial charge on any atom is 0.251 e. The van der Waals surface area contributed by atoms with Gasteiger partial charge in [0.1, 0.15) is 30.1 Å². The fourth-order valence-corrected chi connectivity index (χ4v) is 5.41. The fraction of sp³-hybridized carbons (Fsp3) is 0.133. The minimum absolute atomic E-state index is 0.157. The highest BCUT2D eigenvalue weighted by atomic mass is 19.1. The zero-order valence-corrected chi connectivity index (χ0v) is 20.8. The normalized spacial score (nSPS) is 16.6. The Kier molecular flexibility index (Phi) is 5.45. The minimum Gasteiger partial charge on any atom is -0.497 e. The first-order chi connectivity index (χ1) is 19.1. The average molecular weight is 520 g/mol. The first kappa shape index (κ1) is 23.2. The molecule has 1 N–H and O–H groups in total. The number of hydrogen-bond acceptors (Lipinski definition) is 6. The smallest absolute Gasteiger partial charge is 0.251 e. The first-order valence-corrected chi connectivity index (χ1v) is 12.5. The Morgan fingerprint density at radius 3 is 2.44 bits per heavy atom. The molecule has 4 aromatic carbocycles. The number of nitrogens with one attached hydrogen (secondary N) is 1. The fourth-order valence-electron chi connectivity index (χ4n) is 5.41. The number of carbonyl (C=O) groups excluding carboxylic acids is 1. The van der Waals surface area contributed by atoms with Crippen LogP contribution in [0.1, 0.15) is 50.4 Å². The van der Waals surface area contributed by atoms with Gasteiger partial charge in [-0.1, -0.05) is 30.3 Å². The van der Waals surface area contributed by atoms with Crippen molar-refractivity contribution in [2.75, 3.05) is 7.11 Å². The third-order valence-corrected chi connectivity index (χ3v) is 7.34. The number of carbonyl (C=O) groups is 1. The molecular weight excluding hydrogens is 497 g/mol. The Balaban J connectivity index is 1.14. The van der Waals surface area contributed by atoms with Gasteiger partial charge in [0.25, 0.3) is 5.91 Å². The van der Waals surface area contributed by atoms with E-state index in [-0.39, 0.29) is 30.5 Å². The molecule has 0 spiro atoms. The molecule has 39 heavy (non-hydrogen) atoms. The number of amides is 1. The number of benzene rings is 4. The summed E-state index contributed by atoms with van der Waals surface area (Å²) in [7, 11) is 1.59. The van der Waals surface area contributed by atoms with Gasteiger partial charge in [0.15, 0.2) is 0 Å². The largest absolute Gasteiger partial charge is 0.497 e. The lowest BCUT2D eigenvalue weighted by atomic mass is 9.84. The molecule has 9 heteroatoms. The SMILES string of the molecule is COc1ccc(-n2cnnn2)c(CNC(=O)c2ccc3c(c2)C2OC3c3ccc(-c4ccc(F)cc4)cc32)c1. The van der Waals surface area contributed by atoms with Crippen molar-refractivity contribution in [3.05, 3.63) is 124 Å². The van der Waals surface area contributed by atoms with Gasteiger partial charge < -0.3 is 14.8 Å². The van der Waals surface area contributed by atoms with Crippen LogP contribution in [0.25, 0.3) is 16.8 Å². The number of tetrazole rings is 1. The van der Waals surface area contributed by atoms with Gasteiger partial charge in [0, 0.05) is 17.7 Å². The molecule has 2 bridgehead atoms. The van der Waals surface area contributed by atoms with E-state index in [0.717, 1.165) is 44.6 Å². The molecule has 8 nitrogen and oxygen atoms in total. The summed E-state index contributed by atoms with van der Waals surface area (Å²) in [5.74, 6) is 0.201. The van der Waals surface area contributed by atoms with E-state index in [0.29, 0.717) is 11.3 Å². The van der Waals surface area contributed by atoms with Crippen LogP contribution in [0.3, 0.4) is 0 Å². The summed E-state index contributed by atoms with van der Waals surface area (Å²) < 4.78 is 26.7. The first-order valence-electron chi connectivity index (χ1n) is 12.5. The Labute approximate surface area is 223 Å². The molecule has 2 aliphatic rings. The molecule has 3 heterocycles. The predicted molar refractivity (Wildman–Crippen MR) is 140 cm³/mol. The monoisotopic (exact) mass is 519 g/mol. The summed E-state index contributed by atoms with van der Waals surface area (Å²) in [5.41, 5.74) is 8.31. The molecule has 2 aliphatic heterocycles. The minimum atomic E-state index is -0.264. The summed E-state index contributed by atoms with van der Waals surface area (Å²) in [6.07, 6.45) is 1.09. The lowest BCUT2D eigenvalue weighted by Gasteiger charge is -2.18. The highest BCUT2D eigenvalue weighted by Gasteiger charge is 2.43. The van der Waals surface area contributed by atoms with Crippen molar-refractivity contribution < 1.29 is 18.7 Å². The van der Waals surface area contributed by atoms with Crippen LogP contribution in [-0.4, -0.2) is 33.2 Å². The van der Waals surface area contributed by atoms with Crippen LogP contribution in [0, 0.1) is 5.82 Å². The number of aromatic nitrogens is 4. The van der Waals surface area contributed by atoms with Crippen molar-refractivity contribution in [1.82, 2.24) is 25.5 Å². The summed E-state index contributed by atoms with van der Waals surface area (Å²) >= 11 is 0. The zero-order chi connectivity index (χ0) is 26.5. The van der Waals surface area contributed by atoms with E-state index >= 15 is 0 Å². The van der Waals surface area contributed by atoms with Gasteiger partial charge in [-0.15, -0.1) is 5.10 Å². The molecule has 0 aliphatic carbocycles. The summed E-state index contributed by atoms with van der Waals surface area (Å²) in [6, 6.07) is 23.9. The molecule has 1 amide bonds. The van der Waals surface area contributed by atoms with Crippen molar-refractivity contribution in [2.24, 2.45) is 0 Å². The average Bonchev–Trinajstić information content (AvgIpc) is 3.72. The van der Waals surface area contributed by atoms with Crippen molar-refractivity contribution >= 4 is 5.91 Å². The summed E-state index contributed by atoms with van der Waals surface area (Å²) in [4.78, 5) is 13.2. The highest BCUT2D eigenvalue weighted by molar-refractivity contribution is 5.94. The van der Waals surface area contributed by atoms with E-state index in [1.54, 1.807) is 23.9 Å². The molecule has 0 saturated heterocycles. The molecule has 0 saturated carbocycles. The number of ether oxygens (including phenoxy) is 2. The molecule has 7 rings (SSSR count). The van der Waals surface area contributed by atoms with Crippen molar-refractivity contribution in [1.29, 1.82) is 0 Å². The molecule has 5 aromatic rings. The molecular formula is C30H22FN5O3. The number of nitrogens with zero attached hydrogens (tertiary/aromatic N) is 4. The molecule has 1 aromatic heterocycles. The molecule has 2 atom stereocenters. The van der Waals surface area contributed by atoms with E-state index in [1.165, 1.54) is 18.5 Å². The Morgan fingerprint density at radius 1 is 0.923 bits per heavy atom.